The minimum atomic E-state index is -0.227. The molecule has 1 amide bonds. The molecule has 5 nitrogen and oxygen atoms in total. The number of hydrogen-bond acceptors (Lipinski definition) is 6. The summed E-state index contributed by atoms with van der Waals surface area (Å²) in [5.74, 6) is 0.135. The van der Waals surface area contributed by atoms with Crippen molar-refractivity contribution < 1.29 is 9.90 Å². The lowest BCUT2D eigenvalue weighted by molar-refractivity contribution is -0.118. The van der Waals surface area contributed by atoms with Crippen molar-refractivity contribution in [2.75, 3.05) is 5.75 Å². The summed E-state index contributed by atoms with van der Waals surface area (Å²) in [5, 5.41) is 15.9. The van der Waals surface area contributed by atoms with Gasteiger partial charge in [0.25, 0.3) is 5.91 Å². The summed E-state index contributed by atoms with van der Waals surface area (Å²) in [6.45, 7) is 0. The molecule has 3 rings (SSSR count). The Morgan fingerprint density at radius 3 is 2.88 bits per heavy atom. The lowest BCUT2D eigenvalue weighted by Gasteiger charge is -1.99. The summed E-state index contributed by atoms with van der Waals surface area (Å²) < 4.78 is 0.807. The molecule has 0 bridgehead atoms. The Labute approximate surface area is 163 Å². The predicted octanol–water partition coefficient (Wildman–Crippen LogP) is 4.41. The smallest absolute Gasteiger partial charge is 0.250 e. The van der Waals surface area contributed by atoms with E-state index in [4.69, 9.17) is 11.6 Å². The summed E-state index contributed by atoms with van der Waals surface area (Å²) in [6, 6.07) is 14.1. The van der Waals surface area contributed by atoms with Crippen LogP contribution in [-0.4, -0.2) is 28.0 Å². The molecule has 3 aromatic rings. The summed E-state index contributed by atoms with van der Waals surface area (Å²) in [7, 11) is 0. The SMILES string of the molecule is O=C(CSc1nc(-c2ccc(Cl)cc2)cs1)N/N=C/c1cccc(O)c1. The van der Waals surface area contributed by atoms with E-state index in [0.717, 1.165) is 15.6 Å². The predicted molar refractivity (Wildman–Crippen MR) is 107 cm³/mol. The molecule has 0 saturated carbocycles. The van der Waals surface area contributed by atoms with Crippen LogP contribution in [-0.2, 0) is 4.79 Å². The van der Waals surface area contributed by atoms with Gasteiger partial charge in [-0.2, -0.15) is 5.10 Å². The van der Waals surface area contributed by atoms with E-state index in [9.17, 15) is 9.90 Å². The van der Waals surface area contributed by atoms with Crippen LogP contribution in [0, 0.1) is 0 Å². The number of carbonyl (C=O) groups excluding carboxylic acids is 1. The van der Waals surface area contributed by atoms with Gasteiger partial charge in [-0.3, -0.25) is 4.79 Å². The average molecular weight is 404 g/mol. The minimum absolute atomic E-state index is 0.149. The summed E-state index contributed by atoms with van der Waals surface area (Å²) in [6.07, 6.45) is 1.48. The molecular formula is C18H14ClN3O2S2. The first kappa shape index (κ1) is 18.4. The number of aromatic nitrogens is 1. The van der Waals surface area contributed by atoms with Crippen molar-refractivity contribution >= 4 is 46.8 Å². The Kier molecular flexibility index (Phi) is 6.27. The van der Waals surface area contributed by atoms with E-state index in [1.807, 2.05) is 29.6 Å². The van der Waals surface area contributed by atoms with Gasteiger partial charge in [0.2, 0.25) is 0 Å². The summed E-state index contributed by atoms with van der Waals surface area (Å²) in [4.78, 5) is 16.4. The van der Waals surface area contributed by atoms with E-state index >= 15 is 0 Å². The second-order valence-electron chi connectivity index (χ2n) is 5.18. The molecule has 0 radical (unpaired) electrons. The first-order chi connectivity index (χ1) is 12.6. The molecule has 2 aromatic carbocycles. The number of phenolic OH excluding ortho intramolecular Hbond substituents is 1. The zero-order valence-electron chi connectivity index (χ0n) is 13.4. The van der Waals surface area contributed by atoms with Gasteiger partial charge >= 0.3 is 0 Å². The molecule has 0 spiro atoms. The molecule has 8 heteroatoms. The zero-order chi connectivity index (χ0) is 18.4. The number of thioether (sulfide) groups is 1. The van der Waals surface area contributed by atoms with Crippen LogP contribution in [0.5, 0.6) is 5.75 Å². The Hall–Kier alpha value is -2.35. The standard InChI is InChI=1S/C18H14ClN3O2S2/c19-14-6-4-13(5-7-14)16-10-25-18(21-16)26-11-17(24)22-20-9-12-2-1-3-15(23)8-12/h1-10,23H,11H2,(H,22,24)/b20-9+. The molecule has 0 aliphatic carbocycles. The van der Waals surface area contributed by atoms with Gasteiger partial charge in [-0.25, -0.2) is 10.4 Å². The monoisotopic (exact) mass is 403 g/mol. The van der Waals surface area contributed by atoms with Crippen molar-refractivity contribution in [2.45, 2.75) is 4.34 Å². The van der Waals surface area contributed by atoms with E-state index in [1.54, 1.807) is 24.3 Å². The van der Waals surface area contributed by atoms with E-state index in [1.165, 1.54) is 29.3 Å². The molecular weight excluding hydrogens is 390 g/mol. The third-order valence-electron chi connectivity index (χ3n) is 3.22. The lowest BCUT2D eigenvalue weighted by atomic mass is 10.2. The van der Waals surface area contributed by atoms with Crippen LogP contribution in [0.25, 0.3) is 11.3 Å². The molecule has 26 heavy (non-hydrogen) atoms. The molecule has 0 aliphatic heterocycles. The highest BCUT2D eigenvalue weighted by Gasteiger charge is 2.07. The van der Waals surface area contributed by atoms with Gasteiger partial charge in [0.05, 0.1) is 17.7 Å². The Balaban J connectivity index is 1.49. The number of halogens is 1. The fourth-order valence-electron chi connectivity index (χ4n) is 2.02. The number of nitrogens with zero attached hydrogens (tertiary/aromatic N) is 2. The van der Waals surface area contributed by atoms with Crippen LogP contribution in [0.4, 0.5) is 0 Å². The molecule has 0 saturated heterocycles. The lowest BCUT2D eigenvalue weighted by Crippen LogP contribution is -2.19. The van der Waals surface area contributed by atoms with E-state index < -0.39 is 0 Å². The largest absolute Gasteiger partial charge is 0.508 e. The van der Waals surface area contributed by atoms with Crippen molar-refractivity contribution in [3.8, 4) is 17.0 Å². The van der Waals surface area contributed by atoms with Gasteiger partial charge in [0.15, 0.2) is 4.34 Å². The van der Waals surface area contributed by atoms with Crippen molar-refractivity contribution in [3.63, 3.8) is 0 Å². The Morgan fingerprint density at radius 2 is 2.12 bits per heavy atom. The van der Waals surface area contributed by atoms with Gasteiger partial charge < -0.3 is 5.11 Å². The molecule has 1 heterocycles. The van der Waals surface area contributed by atoms with Gasteiger partial charge in [0.1, 0.15) is 5.75 Å². The Bertz CT molecular complexity index is 926. The maximum absolute atomic E-state index is 11.9. The number of thiazole rings is 1. The van der Waals surface area contributed by atoms with Crippen LogP contribution in [0.15, 0.2) is 63.4 Å². The summed E-state index contributed by atoms with van der Waals surface area (Å²) >= 11 is 8.72. The third kappa shape index (κ3) is 5.32. The fourth-order valence-corrected chi connectivity index (χ4v) is 3.77. The number of nitrogens with one attached hydrogen (secondary N) is 1. The van der Waals surface area contributed by atoms with Crippen LogP contribution in [0.1, 0.15) is 5.56 Å². The number of hydrazone groups is 1. The minimum Gasteiger partial charge on any atom is -0.508 e. The van der Waals surface area contributed by atoms with Gasteiger partial charge in [-0.1, -0.05) is 47.6 Å². The van der Waals surface area contributed by atoms with Gasteiger partial charge in [-0.15, -0.1) is 11.3 Å². The number of carbonyl (C=O) groups is 1. The number of rotatable bonds is 6. The van der Waals surface area contributed by atoms with E-state index in [2.05, 4.69) is 15.5 Å². The van der Waals surface area contributed by atoms with Crippen LogP contribution in [0.3, 0.4) is 0 Å². The maximum atomic E-state index is 11.9. The first-order valence-corrected chi connectivity index (χ1v) is 9.80. The number of aromatic hydroxyl groups is 1. The Morgan fingerprint density at radius 1 is 1.31 bits per heavy atom. The summed E-state index contributed by atoms with van der Waals surface area (Å²) in [5.41, 5.74) is 5.00. The second kappa shape index (κ2) is 8.84. The van der Waals surface area contributed by atoms with Crippen LogP contribution in [0.2, 0.25) is 5.02 Å². The molecule has 132 valence electrons. The molecule has 0 atom stereocenters. The first-order valence-electron chi connectivity index (χ1n) is 7.55. The highest BCUT2D eigenvalue weighted by atomic mass is 35.5. The van der Waals surface area contributed by atoms with Crippen molar-refractivity contribution in [3.05, 3.63) is 64.5 Å². The van der Waals surface area contributed by atoms with Crippen LogP contribution >= 0.6 is 34.7 Å². The fraction of sp³-hybridized carbons (Fsp3) is 0.0556. The molecule has 1 aromatic heterocycles. The van der Waals surface area contributed by atoms with Gasteiger partial charge in [-0.05, 0) is 29.8 Å². The quantitative estimate of drug-likeness (QED) is 0.363. The number of amides is 1. The third-order valence-corrected chi connectivity index (χ3v) is 5.50. The van der Waals surface area contributed by atoms with E-state index in [-0.39, 0.29) is 17.4 Å². The van der Waals surface area contributed by atoms with Gasteiger partial charge in [0, 0.05) is 16.0 Å². The zero-order valence-corrected chi connectivity index (χ0v) is 15.8. The van der Waals surface area contributed by atoms with Crippen molar-refractivity contribution in [1.29, 1.82) is 0 Å². The second-order valence-corrected chi connectivity index (χ2v) is 7.70. The average Bonchev–Trinajstić information content (AvgIpc) is 3.10. The maximum Gasteiger partial charge on any atom is 0.250 e. The van der Waals surface area contributed by atoms with Crippen molar-refractivity contribution in [2.24, 2.45) is 5.10 Å². The van der Waals surface area contributed by atoms with E-state index in [0.29, 0.717) is 10.6 Å². The molecule has 0 aliphatic rings. The molecule has 0 unspecified atom stereocenters. The number of phenols is 1. The highest BCUT2D eigenvalue weighted by molar-refractivity contribution is 8.01. The number of benzene rings is 2. The molecule has 0 fully saturated rings. The van der Waals surface area contributed by atoms with Crippen molar-refractivity contribution in [1.82, 2.24) is 10.4 Å². The normalized spacial score (nSPS) is 11.0. The van der Waals surface area contributed by atoms with Crippen LogP contribution < -0.4 is 5.43 Å². The molecule has 2 N–H and O–H groups in total. The highest BCUT2D eigenvalue weighted by Crippen LogP contribution is 2.28. The topological polar surface area (TPSA) is 74.6 Å². The number of hydrogen-bond donors (Lipinski definition) is 2.